The van der Waals surface area contributed by atoms with E-state index >= 15 is 0 Å². The molecule has 2 nitrogen and oxygen atoms in total. The Bertz CT molecular complexity index is 473. The van der Waals surface area contributed by atoms with E-state index in [0.29, 0.717) is 12.4 Å². The lowest BCUT2D eigenvalue weighted by atomic mass is 10.3. The average molecular weight is 282 g/mol. The summed E-state index contributed by atoms with van der Waals surface area (Å²) in [5.41, 5.74) is 1.01. The Morgan fingerprint density at radius 3 is 2.62 bits per heavy atom. The van der Waals surface area contributed by atoms with Crippen LogP contribution in [-0.4, -0.2) is 4.98 Å². The fraction of sp³-hybridized carbons (Fsp3) is 0.0833. The maximum Gasteiger partial charge on any atom is 0.123 e. The zero-order valence-electron chi connectivity index (χ0n) is 8.36. The number of nitrogens with zero attached hydrogens (tertiary/aromatic N) is 1. The zero-order chi connectivity index (χ0) is 11.4. The van der Waals surface area contributed by atoms with Crippen LogP contribution in [0.1, 0.15) is 5.56 Å². The van der Waals surface area contributed by atoms with E-state index in [4.69, 9.17) is 4.74 Å². The molecule has 0 N–H and O–H groups in total. The topological polar surface area (TPSA) is 22.1 Å². The first-order valence-corrected chi connectivity index (χ1v) is 5.52. The number of aromatic nitrogens is 1. The molecule has 0 aliphatic carbocycles. The number of hydrogen-bond donors (Lipinski definition) is 0. The quantitative estimate of drug-likeness (QED) is 0.803. The molecule has 0 saturated carbocycles. The normalized spacial score (nSPS) is 10.1. The second kappa shape index (κ2) is 5.07. The van der Waals surface area contributed by atoms with Gasteiger partial charge in [-0.2, -0.15) is 0 Å². The molecule has 1 aromatic carbocycles. The summed E-state index contributed by atoms with van der Waals surface area (Å²) in [5, 5.41) is 0. The minimum atomic E-state index is -0.265. The van der Waals surface area contributed by atoms with Crippen LogP contribution in [0.4, 0.5) is 4.39 Å². The van der Waals surface area contributed by atoms with Gasteiger partial charge in [0.2, 0.25) is 0 Å². The van der Waals surface area contributed by atoms with E-state index in [2.05, 4.69) is 20.9 Å². The van der Waals surface area contributed by atoms with Crippen molar-refractivity contribution in [3.8, 4) is 5.75 Å². The van der Waals surface area contributed by atoms with Crippen molar-refractivity contribution in [1.82, 2.24) is 4.98 Å². The van der Waals surface area contributed by atoms with Crippen LogP contribution in [0, 0.1) is 5.82 Å². The first-order valence-electron chi connectivity index (χ1n) is 4.73. The molecule has 0 aliphatic rings. The fourth-order valence-corrected chi connectivity index (χ4v) is 1.64. The highest BCUT2D eigenvalue weighted by molar-refractivity contribution is 9.10. The van der Waals surface area contributed by atoms with Gasteiger partial charge in [-0.05, 0) is 57.9 Å². The smallest absolute Gasteiger partial charge is 0.123 e. The van der Waals surface area contributed by atoms with E-state index in [-0.39, 0.29) is 5.82 Å². The van der Waals surface area contributed by atoms with Crippen LogP contribution in [0.3, 0.4) is 0 Å². The molecule has 16 heavy (non-hydrogen) atoms. The van der Waals surface area contributed by atoms with Crippen molar-refractivity contribution in [2.75, 3.05) is 0 Å². The third kappa shape index (κ3) is 3.03. The Kier molecular flexibility index (Phi) is 3.51. The van der Waals surface area contributed by atoms with Crippen LogP contribution in [0.2, 0.25) is 0 Å². The molecule has 2 rings (SSSR count). The molecule has 0 amide bonds. The number of benzene rings is 1. The van der Waals surface area contributed by atoms with E-state index in [1.54, 1.807) is 18.3 Å². The van der Waals surface area contributed by atoms with Crippen LogP contribution >= 0.6 is 15.9 Å². The Labute approximate surface area is 101 Å². The lowest BCUT2D eigenvalue weighted by Gasteiger charge is -2.05. The van der Waals surface area contributed by atoms with Gasteiger partial charge in [0, 0.05) is 6.20 Å². The number of hydrogen-bond acceptors (Lipinski definition) is 2. The summed E-state index contributed by atoms with van der Waals surface area (Å²) in [6, 6.07) is 9.70. The highest BCUT2D eigenvalue weighted by Crippen LogP contribution is 2.14. The lowest BCUT2D eigenvalue weighted by Crippen LogP contribution is -1.95. The number of rotatable bonds is 3. The Morgan fingerprint density at radius 2 is 1.94 bits per heavy atom. The van der Waals surface area contributed by atoms with Gasteiger partial charge < -0.3 is 4.74 Å². The third-order valence-electron chi connectivity index (χ3n) is 2.01. The second-order valence-electron chi connectivity index (χ2n) is 3.23. The van der Waals surface area contributed by atoms with Crippen LogP contribution in [0.15, 0.2) is 47.2 Å². The van der Waals surface area contributed by atoms with E-state index in [9.17, 15) is 4.39 Å². The molecule has 1 heterocycles. The highest BCUT2D eigenvalue weighted by Gasteiger charge is 1.97. The monoisotopic (exact) mass is 281 g/mol. The molecule has 0 fully saturated rings. The summed E-state index contributed by atoms with van der Waals surface area (Å²) >= 11 is 3.28. The summed E-state index contributed by atoms with van der Waals surface area (Å²) in [7, 11) is 0. The van der Waals surface area contributed by atoms with E-state index in [0.717, 1.165) is 10.2 Å². The summed E-state index contributed by atoms with van der Waals surface area (Å²) < 4.78 is 18.9. The first kappa shape index (κ1) is 11.1. The van der Waals surface area contributed by atoms with Crippen LogP contribution in [0.5, 0.6) is 5.75 Å². The van der Waals surface area contributed by atoms with Crippen molar-refractivity contribution < 1.29 is 9.13 Å². The molecular formula is C12H9BrFNO. The molecule has 0 saturated heterocycles. The van der Waals surface area contributed by atoms with Crippen LogP contribution < -0.4 is 4.74 Å². The molecule has 2 aromatic rings. The van der Waals surface area contributed by atoms with Gasteiger partial charge in [0.05, 0.1) is 0 Å². The summed E-state index contributed by atoms with van der Waals surface area (Å²) in [6.45, 7) is 0.437. The van der Waals surface area contributed by atoms with Crippen LogP contribution in [-0.2, 0) is 6.61 Å². The van der Waals surface area contributed by atoms with Crippen LogP contribution in [0.25, 0.3) is 0 Å². The van der Waals surface area contributed by atoms with Crippen molar-refractivity contribution in [3.05, 3.63) is 58.6 Å². The Balaban J connectivity index is 1.99. The maximum atomic E-state index is 12.6. The van der Waals surface area contributed by atoms with Gasteiger partial charge in [-0.25, -0.2) is 9.37 Å². The molecule has 0 radical (unpaired) electrons. The predicted molar refractivity (Wildman–Crippen MR) is 62.7 cm³/mol. The molecule has 82 valence electrons. The van der Waals surface area contributed by atoms with Crippen molar-refractivity contribution >= 4 is 15.9 Å². The zero-order valence-corrected chi connectivity index (χ0v) is 9.95. The van der Waals surface area contributed by atoms with Gasteiger partial charge in [-0.1, -0.05) is 0 Å². The predicted octanol–water partition coefficient (Wildman–Crippen LogP) is 3.56. The largest absolute Gasteiger partial charge is 0.489 e. The minimum Gasteiger partial charge on any atom is -0.489 e. The second-order valence-corrected chi connectivity index (χ2v) is 4.04. The molecular weight excluding hydrogens is 273 g/mol. The summed E-state index contributed by atoms with van der Waals surface area (Å²) in [6.07, 6.45) is 1.70. The van der Waals surface area contributed by atoms with Gasteiger partial charge in [-0.15, -0.1) is 0 Å². The lowest BCUT2D eigenvalue weighted by molar-refractivity contribution is 0.305. The van der Waals surface area contributed by atoms with Crippen molar-refractivity contribution in [1.29, 1.82) is 0 Å². The summed E-state index contributed by atoms with van der Waals surface area (Å²) in [4.78, 5) is 4.02. The number of ether oxygens (including phenoxy) is 1. The Morgan fingerprint density at radius 1 is 1.19 bits per heavy atom. The van der Waals surface area contributed by atoms with Gasteiger partial charge in [-0.3, -0.25) is 0 Å². The first-order chi connectivity index (χ1) is 7.74. The van der Waals surface area contributed by atoms with Gasteiger partial charge in [0.1, 0.15) is 22.8 Å². The van der Waals surface area contributed by atoms with Gasteiger partial charge in [0.15, 0.2) is 0 Å². The van der Waals surface area contributed by atoms with Gasteiger partial charge >= 0.3 is 0 Å². The maximum absolute atomic E-state index is 12.6. The molecule has 0 atom stereocenters. The molecule has 0 aliphatic heterocycles. The molecule has 4 heteroatoms. The third-order valence-corrected chi connectivity index (χ3v) is 2.44. The van der Waals surface area contributed by atoms with Crippen molar-refractivity contribution in [3.63, 3.8) is 0 Å². The van der Waals surface area contributed by atoms with Crippen molar-refractivity contribution in [2.45, 2.75) is 6.61 Å². The van der Waals surface area contributed by atoms with Gasteiger partial charge in [0.25, 0.3) is 0 Å². The highest BCUT2D eigenvalue weighted by atomic mass is 79.9. The standard InChI is InChI=1S/C12H9BrFNO/c13-12-7-9(5-6-15-12)8-16-11-3-1-10(14)2-4-11/h1-7H,8H2. The van der Waals surface area contributed by atoms with E-state index in [1.165, 1.54) is 12.1 Å². The SMILES string of the molecule is Fc1ccc(OCc2ccnc(Br)c2)cc1. The number of pyridine rings is 1. The molecule has 1 aromatic heterocycles. The van der Waals surface area contributed by atoms with Crippen molar-refractivity contribution in [2.24, 2.45) is 0 Å². The molecule has 0 spiro atoms. The fourth-order valence-electron chi connectivity index (χ4n) is 1.23. The minimum absolute atomic E-state index is 0.265. The Hall–Kier alpha value is -1.42. The van der Waals surface area contributed by atoms with E-state index in [1.807, 2.05) is 12.1 Å². The molecule has 0 bridgehead atoms. The summed E-state index contributed by atoms with van der Waals surface area (Å²) in [5.74, 6) is 0.383. The number of halogens is 2. The van der Waals surface area contributed by atoms with E-state index < -0.39 is 0 Å². The average Bonchev–Trinajstić information content (AvgIpc) is 2.28. The molecule has 0 unspecified atom stereocenters.